The van der Waals surface area contributed by atoms with E-state index in [1.807, 2.05) is 58.3 Å². The lowest BCUT2D eigenvalue weighted by Crippen LogP contribution is -2.50. The number of imidazole rings is 1. The number of nitrogens with two attached hydrogens (primary N) is 1. The number of para-hydroxylation sites is 3. The number of likely N-dealkylation sites (tertiary alicyclic amines) is 1. The van der Waals surface area contributed by atoms with E-state index in [0.29, 0.717) is 56.3 Å². The van der Waals surface area contributed by atoms with E-state index in [4.69, 9.17) is 22.3 Å². The van der Waals surface area contributed by atoms with Crippen LogP contribution in [0.2, 0.25) is 5.02 Å². The van der Waals surface area contributed by atoms with Gasteiger partial charge in [0.2, 0.25) is 5.91 Å². The molecule has 1 aromatic heterocycles. The second-order valence-electron chi connectivity index (χ2n) is 14.0. The minimum atomic E-state index is -4.69. The molecule has 0 aliphatic carbocycles. The highest BCUT2D eigenvalue weighted by Crippen LogP contribution is 2.40. The number of rotatable bonds is 8. The molecule has 0 saturated carbocycles. The van der Waals surface area contributed by atoms with Crippen LogP contribution in [0.1, 0.15) is 60.5 Å². The number of amides is 3. The maximum atomic E-state index is 14.1. The fourth-order valence-corrected chi connectivity index (χ4v) is 8.23. The highest BCUT2D eigenvalue weighted by atomic mass is 35.5. The highest BCUT2D eigenvalue weighted by Gasteiger charge is 2.36. The van der Waals surface area contributed by atoms with Crippen LogP contribution in [0, 0.1) is 5.92 Å². The van der Waals surface area contributed by atoms with Crippen LogP contribution < -0.4 is 16.4 Å². The summed E-state index contributed by atoms with van der Waals surface area (Å²) >= 11 is 6.27. The summed E-state index contributed by atoms with van der Waals surface area (Å²) in [5.74, 6) is 0.453. The van der Waals surface area contributed by atoms with Gasteiger partial charge in [0.25, 0.3) is 0 Å². The number of hydrogen-bond acceptors (Lipinski definition) is 5. The van der Waals surface area contributed by atoms with E-state index in [1.165, 1.54) is 6.07 Å². The van der Waals surface area contributed by atoms with Crippen molar-refractivity contribution in [3.05, 3.63) is 88.2 Å². The summed E-state index contributed by atoms with van der Waals surface area (Å²) in [6.45, 7) is 4.09. The SMILES string of the molecule is Nc1c(Cl)cc(CC(CC(=O)N2CCC(N3CCc4ccccc4NC3=O)CC2)c2nc3ccccc3n2CC2CCNCC2)cc1C(F)(F)F. The molecule has 1 atom stereocenters. The quantitative estimate of drug-likeness (QED) is 0.169. The normalized spacial score (nSPS) is 18.4. The Bertz CT molecular complexity index is 1900. The van der Waals surface area contributed by atoms with E-state index in [-0.39, 0.29) is 35.8 Å². The molecule has 3 amide bonds. The summed E-state index contributed by atoms with van der Waals surface area (Å²) in [5, 5.41) is 6.28. The topological polar surface area (TPSA) is 109 Å². The van der Waals surface area contributed by atoms with Crippen molar-refractivity contribution in [3.8, 4) is 0 Å². The number of nitrogen functional groups attached to an aromatic ring is 1. The van der Waals surface area contributed by atoms with Gasteiger partial charge in [-0.15, -0.1) is 0 Å². The van der Waals surface area contributed by atoms with Gasteiger partial charge in [0.05, 0.1) is 27.3 Å². The first-order valence-corrected chi connectivity index (χ1v) is 18.2. The number of nitrogens with one attached hydrogen (secondary N) is 2. The van der Waals surface area contributed by atoms with Gasteiger partial charge in [-0.3, -0.25) is 4.79 Å². The molecule has 3 aliphatic rings. The van der Waals surface area contributed by atoms with Crippen LogP contribution >= 0.6 is 11.6 Å². The monoisotopic (exact) mass is 721 g/mol. The van der Waals surface area contributed by atoms with Crippen molar-refractivity contribution in [1.82, 2.24) is 24.7 Å². The molecule has 7 rings (SSSR count). The van der Waals surface area contributed by atoms with E-state index >= 15 is 0 Å². The molecule has 0 spiro atoms. The summed E-state index contributed by atoms with van der Waals surface area (Å²) in [5.41, 5.74) is 8.28. The molecular weight excluding hydrogens is 679 g/mol. The van der Waals surface area contributed by atoms with Gasteiger partial charge in [-0.1, -0.05) is 41.9 Å². The first-order chi connectivity index (χ1) is 24.5. The number of piperidine rings is 2. The number of carbonyl (C=O) groups excluding carboxylic acids is 2. The number of urea groups is 1. The lowest BCUT2D eigenvalue weighted by molar-refractivity contribution is -0.137. The van der Waals surface area contributed by atoms with Crippen LogP contribution in [0.25, 0.3) is 11.0 Å². The molecule has 13 heteroatoms. The minimum absolute atomic E-state index is 0.00829. The highest BCUT2D eigenvalue weighted by molar-refractivity contribution is 6.33. The Balaban J connectivity index is 1.14. The molecular formula is C38H43ClF3N7O2. The fourth-order valence-electron chi connectivity index (χ4n) is 7.99. The Morgan fingerprint density at radius 2 is 1.73 bits per heavy atom. The average molecular weight is 722 g/mol. The van der Waals surface area contributed by atoms with Crippen molar-refractivity contribution >= 4 is 45.9 Å². The molecule has 9 nitrogen and oxygen atoms in total. The Labute approximate surface area is 300 Å². The molecule has 2 saturated heterocycles. The molecule has 4 heterocycles. The number of hydrogen-bond donors (Lipinski definition) is 3. The molecule has 4 aromatic rings. The van der Waals surface area contributed by atoms with E-state index in [1.54, 1.807) is 0 Å². The summed E-state index contributed by atoms with van der Waals surface area (Å²) in [6.07, 6.45) is -0.498. The Kier molecular flexibility index (Phi) is 10.2. The van der Waals surface area contributed by atoms with E-state index in [9.17, 15) is 22.8 Å². The van der Waals surface area contributed by atoms with Crippen molar-refractivity contribution in [1.29, 1.82) is 0 Å². The van der Waals surface area contributed by atoms with Gasteiger partial charge in [0.15, 0.2) is 0 Å². The van der Waals surface area contributed by atoms with Crippen LogP contribution in [0.15, 0.2) is 60.7 Å². The number of halogens is 4. The second-order valence-corrected chi connectivity index (χ2v) is 14.5. The first kappa shape index (κ1) is 35.1. The molecule has 2 fully saturated rings. The number of fused-ring (bicyclic) bond motifs is 2. The zero-order valence-electron chi connectivity index (χ0n) is 28.4. The summed E-state index contributed by atoms with van der Waals surface area (Å²) in [6, 6.07) is 18.0. The van der Waals surface area contributed by atoms with E-state index in [2.05, 4.69) is 15.2 Å². The smallest absolute Gasteiger partial charge is 0.397 e. The molecule has 4 N–H and O–H groups in total. The van der Waals surface area contributed by atoms with Gasteiger partial charge >= 0.3 is 12.2 Å². The third kappa shape index (κ3) is 7.67. The largest absolute Gasteiger partial charge is 0.418 e. The molecule has 0 bridgehead atoms. The third-order valence-corrected chi connectivity index (χ3v) is 11.1. The van der Waals surface area contributed by atoms with Crippen molar-refractivity contribution in [2.45, 2.75) is 69.6 Å². The summed E-state index contributed by atoms with van der Waals surface area (Å²) in [4.78, 5) is 36.1. The van der Waals surface area contributed by atoms with Gasteiger partial charge in [-0.05, 0) is 99.0 Å². The predicted molar refractivity (Wildman–Crippen MR) is 193 cm³/mol. The minimum Gasteiger partial charge on any atom is -0.397 e. The van der Waals surface area contributed by atoms with Gasteiger partial charge in [0, 0.05) is 50.2 Å². The second kappa shape index (κ2) is 14.7. The zero-order chi connectivity index (χ0) is 35.7. The van der Waals surface area contributed by atoms with Crippen LogP contribution in [0.5, 0.6) is 0 Å². The molecule has 270 valence electrons. The van der Waals surface area contributed by atoms with Gasteiger partial charge in [0.1, 0.15) is 5.82 Å². The molecule has 3 aromatic carbocycles. The van der Waals surface area contributed by atoms with E-state index in [0.717, 1.165) is 60.7 Å². The number of alkyl halides is 3. The van der Waals surface area contributed by atoms with Crippen LogP contribution in [0.4, 0.5) is 29.3 Å². The van der Waals surface area contributed by atoms with Gasteiger partial charge in [-0.2, -0.15) is 13.2 Å². The summed E-state index contributed by atoms with van der Waals surface area (Å²) < 4.78 is 44.2. The van der Waals surface area contributed by atoms with Crippen LogP contribution in [-0.4, -0.2) is 70.1 Å². The molecule has 51 heavy (non-hydrogen) atoms. The van der Waals surface area contributed by atoms with Crippen LogP contribution in [0.3, 0.4) is 0 Å². The van der Waals surface area contributed by atoms with Crippen LogP contribution in [-0.2, 0) is 30.4 Å². The third-order valence-electron chi connectivity index (χ3n) is 10.7. The Morgan fingerprint density at radius 3 is 2.49 bits per heavy atom. The number of benzene rings is 3. The lowest BCUT2D eigenvalue weighted by Gasteiger charge is -2.38. The number of nitrogens with zero attached hydrogens (tertiary/aromatic N) is 4. The van der Waals surface area contributed by atoms with Gasteiger partial charge < -0.3 is 30.7 Å². The van der Waals surface area contributed by atoms with Crippen molar-refractivity contribution < 1.29 is 22.8 Å². The average Bonchev–Trinajstić information content (AvgIpc) is 3.38. The maximum absolute atomic E-state index is 14.1. The fraction of sp³-hybridized carbons (Fsp3) is 0.447. The van der Waals surface area contributed by atoms with E-state index < -0.39 is 23.3 Å². The molecule has 1 unspecified atom stereocenters. The molecule has 3 aliphatic heterocycles. The number of anilines is 2. The zero-order valence-corrected chi connectivity index (χ0v) is 29.1. The first-order valence-electron chi connectivity index (χ1n) is 17.8. The number of aromatic nitrogens is 2. The van der Waals surface area contributed by atoms with Crippen molar-refractivity contribution in [2.75, 3.05) is 43.8 Å². The number of carbonyl (C=O) groups is 2. The Morgan fingerprint density at radius 1 is 1.00 bits per heavy atom. The Hall–Kier alpha value is -4.29. The standard InChI is InChI=1S/C38H43ClF3N7O2/c39-30-21-25(20-29(35(30)43)38(40,41)42)19-27(36-45-32-7-3-4-8-33(32)49(36)23-24-9-14-44-15-10-24)22-34(50)47-16-12-28(13-17-47)48-18-11-26-5-1-2-6-31(26)46-37(48)51/h1-8,20-21,24,27-28,44H,9-19,22-23,43H2,(H,46,51). The van der Waals surface area contributed by atoms with Crippen molar-refractivity contribution in [2.24, 2.45) is 5.92 Å². The summed E-state index contributed by atoms with van der Waals surface area (Å²) in [7, 11) is 0. The van der Waals surface area contributed by atoms with Gasteiger partial charge in [-0.25, -0.2) is 9.78 Å². The maximum Gasteiger partial charge on any atom is 0.418 e. The molecule has 0 radical (unpaired) electrons. The predicted octanol–water partition coefficient (Wildman–Crippen LogP) is 7.09. The lowest BCUT2D eigenvalue weighted by atomic mass is 9.92. The van der Waals surface area contributed by atoms with Crippen molar-refractivity contribution in [3.63, 3.8) is 0 Å².